The number of halogens is 1. The summed E-state index contributed by atoms with van der Waals surface area (Å²) in [6.45, 7) is 0. The molecule has 0 saturated carbocycles. The summed E-state index contributed by atoms with van der Waals surface area (Å²) in [5.41, 5.74) is 0. The fourth-order valence-corrected chi connectivity index (χ4v) is 3.70. The molecular weight excluding hydrogens is 283 g/mol. The van der Waals surface area contributed by atoms with Gasteiger partial charge in [-0.25, -0.2) is 13.6 Å². The summed E-state index contributed by atoms with van der Waals surface area (Å²) in [4.78, 5) is 0.106. The first-order valence-corrected chi connectivity index (χ1v) is 6.47. The van der Waals surface area contributed by atoms with Gasteiger partial charge in [-0.3, -0.25) is 0 Å². The van der Waals surface area contributed by atoms with Gasteiger partial charge in [0.1, 0.15) is 9.90 Å². The van der Waals surface area contributed by atoms with Gasteiger partial charge in [-0.2, -0.15) is 0 Å². The van der Waals surface area contributed by atoms with Crippen LogP contribution in [0.25, 0.3) is 0 Å². The monoisotopic (exact) mass is 288 g/mol. The molecule has 0 aliphatic rings. The molecule has 1 unspecified atom stereocenters. The van der Waals surface area contributed by atoms with Crippen LogP contribution in [0.1, 0.15) is 0 Å². The third kappa shape index (κ3) is 2.17. The molecule has 0 aliphatic carbocycles. The minimum atomic E-state index is -3.62. The SMILES string of the molecule is NS(=O)(=O)c1cc(Br)sc1NP. The van der Waals surface area contributed by atoms with Crippen molar-refractivity contribution in [2.45, 2.75) is 4.90 Å². The molecule has 1 heterocycles. The summed E-state index contributed by atoms with van der Waals surface area (Å²) < 4.78 is 22.6. The van der Waals surface area contributed by atoms with Gasteiger partial charge in [-0.05, 0) is 31.4 Å². The Morgan fingerprint density at radius 2 is 2.25 bits per heavy atom. The second-order valence-corrected chi connectivity index (χ2v) is 6.18. The van der Waals surface area contributed by atoms with Crippen molar-refractivity contribution in [1.29, 1.82) is 0 Å². The van der Waals surface area contributed by atoms with Crippen molar-refractivity contribution < 1.29 is 8.42 Å². The van der Waals surface area contributed by atoms with Gasteiger partial charge in [0.05, 0.1) is 3.79 Å². The standard InChI is InChI=1S/C4H6BrN2O2PS2/c5-3-1-2(12(6,8)9)4(7-10)11-3/h1,7H,10H2,(H2,6,8,9). The van der Waals surface area contributed by atoms with Gasteiger partial charge in [0, 0.05) is 0 Å². The summed E-state index contributed by atoms with van der Waals surface area (Å²) in [6.07, 6.45) is 0. The Kier molecular flexibility index (Phi) is 3.11. The third-order valence-electron chi connectivity index (χ3n) is 1.11. The largest absolute Gasteiger partial charge is 0.360 e. The van der Waals surface area contributed by atoms with E-state index in [4.69, 9.17) is 5.14 Å². The van der Waals surface area contributed by atoms with Crippen LogP contribution in [-0.2, 0) is 10.0 Å². The number of primary sulfonamides is 1. The maximum Gasteiger partial charge on any atom is 0.241 e. The van der Waals surface area contributed by atoms with Crippen molar-refractivity contribution in [1.82, 2.24) is 0 Å². The van der Waals surface area contributed by atoms with Gasteiger partial charge in [0.2, 0.25) is 10.0 Å². The molecule has 0 saturated heterocycles. The first-order chi connectivity index (χ1) is 5.45. The molecule has 0 bridgehead atoms. The number of rotatable bonds is 2. The van der Waals surface area contributed by atoms with Crippen molar-refractivity contribution in [3.63, 3.8) is 0 Å². The third-order valence-corrected chi connectivity index (χ3v) is 4.24. The van der Waals surface area contributed by atoms with Crippen LogP contribution in [0.15, 0.2) is 14.7 Å². The maximum absolute atomic E-state index is 10.9. The highest BCUT2D eigenvalue weighted by Crippen LogP contribution is 2.34. The normalized spacial score (nSPS) is 11.6. The molecule has 0 spiro atoms. The first kappa shape index (κ1) is 10.4. The lowest BCUT2D eigenvalue weighted by molar-refractivity contribution is 0.598. The number of sulfonamides is 1. The quantitative estimate of drug-likeness (QED) is 0.807. The summed E-state index contributed by atoms with van der Waals surface area (Å²) in [5.74, 6) is 0. The van der Waals surface area contributed by atoms with E-state index in [0.717, 1.165) is 3.79 Å². The summed E-state index contributed by atoms with van der Waals surface area (Å²) in [5, 5.41) is 8.13. The fraction of sp³-hybridized carbons (Fsp3) is 0. The lowest BCUT2D eigenvalue weighted by Gasteiger charge is -1.97. The number of thiophene rings is 1. The van der Waals surface area contributed by atoms with Gasteiger partial charge >= 0.3 is 0 Å². The molecule has 8 heteroatoms. The van der Waals surface area contributed by atoms with Crippen LogP contribution >= 0.6 is 36.7 Å². The molecule has 1 aromatic rings. The van der Waals surface area contributed by atoms with Crippen molar-refractivity contribution in [3.8, 4) is 0 Å². The second-order valence-electron chi connectivity index (χ2n) is 1.93. The minimum Gasteiger partial charge on any atom is -0.360 e. The lowest BCUT2D eigenvalue weighted by Crippen LogP contribution is -2.11. The van der Waals surface area contributed by atoms with Gasteiger partial charge in [-0.1, -0.05) is 0 Å². The van der Waals surface area contributed by atoms with Crippen molar-refractivity contribution >= 4 is 51.7 Å². The van der Waals surface area contributed by atoms with E-state index in [1.165, 1.54) is 17.4 Å². The molecule has 1 rings (SSSR count). The molecule has 0 radical (unpaired) electrons. The van der Waals surface area contributed by atoms with E-state index in [-0.39, 0.29) is 4.90 Å². The Balaban J connectivity index is 3.33. The maximum atomic E-state index is 10.9. The van der Waals surface area contributed by atoms with E-state index in [1.54, 1.807) is 0 Å². The van der Waals surface area contributed by atoms with Crippen LogP contribution in [0.4, 0.5) is 5.00 Å². The molecule has 0 aliphatic heterocycles. The van der Waals surface area contributed by atoms with Gasteiger partial charge in [-0.15, -0.1) is 11.3 Å². The Bertz CT molecular complexity index is 388. The van der Waals surface area contributed by atoms with Crippen LogP contribution < -0.4 is 10.2 Å². The zero-order chi connectivity index (χ0) is 9.35. The van der Waals surface area contributed by atoms with E-state index < -0.39 is 10.0 Å². The first-order valence-electron chi connectivity index (χ1n) is 2.74. The van der Waals surface area contributed by atoms with Gasteiger partial charge < -0.3 is 5.09 Å². The van der Waals surface area contributed by atoms with Gasteiger partial charge in [0.15, 0.2) is 0 Å². The molecule has 12 heavy (non-hydrogen) atoms. The Morgan fingerprint density at radius 3 is 2.58 bits per heavy atom. The number of nitrogens with two attached hydrogens (primary N) is 1. The van der Waals surface area contributed by atoms with E-state index in [2.05, 4.69) is 30.4 Å². The fourth-order valence-electron chi connectivity index (χ4n) is 0.658. The summed E-state index contributed by atoms with van der Waals surface area (Å²) in [7, 11) is -1.40. The lowest BCUT2D eigenvalue weighted by atomic mass is 10.6. The number of anilines is 1. The second kappa shape index (κ2) is 3.59. The molecule has 68 valence electrons. The molecule has 3 N–H and O–H groups in total. The van der Waals surface area contributed by atoms with E-state index in [9.17, 15) is 8.42 Å². The van der Waals surface area contributed by atoms with Crippen LogP contribution in [0.5, 0.6) is 0 Å². The zero-order valence-corrected chi connectivity index (χ0v) is 10.1. The molecule has 0 aromatic carbocycles. The highest BCUT2D eigenvalue weighted by Gasteiger charge is 2.16. The average molecular weight is 289 g/mol. The summed E-state index contributed by atoms with van der Waals surface area (Å²) in [6, 6.07) is 1.46. The van der Waals surface area contributed by atoms with E-state index >= 15 is 0 Å². The predicted octanol–water partition coefficient (Wildman–Crippen LogP) is 1.36. The molecule has 1 atom stereocenters. The van der Waals surface area contributed by atoms with E-state index in [1.807, 2.05) is 0 Å². The Morgan fingerprint density at radius 1 is 1.67 bits per heavy atom. The Labute approximate surface area is 85.0 Å². The number of nitrogens with one attached hydrogen (secondary N) is 1. The minimum absolute atomic E-state index is 0.106. The van der Waals surface area contributed by atoms with Crippen molar-refractivity contribution in [2.75, 3.05) is 5.09 Å². The van der Waals surface area contributed by atoms with Crippen LogP contribution in [0.2, 0.25) is 0 Å². The molecule has 1 aromatic heterocycles. The molecule has 0 fully saturated rings. The highest BCUT2D eigenvalue weighted by molar-refractivity contribution is 9.11. The summed E-state index contributed by atoms with van der Waals surface area (Å²) >= 11 is 4.43. The predicted molar refractivity (Wildman–Crippen MR) is 56.7 cm³/mol. The molecular formula is C4H6BrN2O2PS2. The van der Waals surface area contributed by atoms with Crippen LogP contribution in [0.3, 0.4) is 0 Å². The highest BCUT2D eigenvalue weighted by atomic mass is 79.9. The topological polar surface area (TPSA) is 72.2 Å². The Hall–Kier alpha value is 0.320. The van der Waals surface area contributed by atoms with Crippen LogP contribution in [0, 0.1) is 0 Å². The van der Waals surface area contributed by atoms with E-state index in [0.29, 0.717) is 5.00 Å². The molecule has 4 nitrogen and oxygen atoms in total. The zero-order valence-electron chi connectivity index (χ0n) is 5.74. The number of hydrogen-bond donors (Lipinski definition) is 2. The molecule has 0 amide bonds. The smallest absolute Gasteiger partial charge is 0.241 e. The van der Waals surface area contributed by atoms with Crippen molar-refractivity contribution in [3.05, 3.63) is 9.85 Å². The van der Waals surface area contributed by atoms with Gasteiger partial charge in [0.25, 0.3) is 0 Å². The van der Waals surface area contributed by atoms with Crippen molar-refractivity contribution in [2.24, 2.45) is 5.14 Å². The average Bonchev–Trinajstić information content (AvgIpc) is 2.29. The van der Waals surface area contributed by atoms with Crippen LogP contribution in [-0.4, -0.2) is 8.42 Å². The number of hydrogen-bond acceptors (Lipinski definition) is 4.